The zero-order chi connectivity index (χ0) is 31.7. The smallest absolute Gasteiger partial charge is 0.158 e. The molecule has 48 heavy (non-hydrogen) atoms. The van der Waals surface area contributed by atoms with Gasteiger partial charge in [0.15, 0.2) is 5.54 Å². The van der Waals surface area contributed by atoms with Crippen LogP contribution in [0.4, 0.5) is 0 Å². The van der Waals surface area contributed by atoms with Gasteiger partial charge in [-0.1, -0.05) is 115 Å². The van der Waals surface area contributed by atoms with Crippen LogP contribution in [0, 0.1) is 11.8 Å². The molecule has 2 aromatic heterocycles. The van der Waals surface area contributed by atoms with E-state index in [1.165, 1.54) is 38.9 Å². The highest BCUT2D eigenvalue weighted by atomic mass is 15.5. The van der Waals surface area contributed by atoms with E-state index in [4.69, 9.17) is 20.4 Å². The van der Waals surface area contributed by atoms with E-state index in [9.17, 15) is 0 Å². The van der Waals surface area contributed by atoms with E-state index in [-0.39, 0.29) is 12.0 Å². The lowest BCUT2D eigenvalue weighted by Crippen LogP contribution is -2.40. The Labute approximate surface area is 279 Å². The van der Waals surface area contributed by atoms with Crippen molar-refractivity contribution >= 4 is 22.1 Å². The van der Waals surface area contributed by atoms with Crippen molar-refractivity contribution < 1.29 is 0 Å². The molecule has 2 heterocycles. The summed E-state index contributed by atoms with van der Waals surface area (Å²) < 4.78 is 0. The number of benzene rings is 5. The van der Waals surface area contributed by atoms with Gasteiger partial charge in [0, 0.05) is 5.92 Å². The third-order valence-corrected chi connectivity index (χ3v) is 10.9. The average Bonchev–Trinajstić information content (AvgIpc) is 3.69. The summed E-state index contributed by atoms with van der Waals surface area (Å²) in [4.78, 5) is 4.01. The Hall–Kier alpha value is -5.62. The molecule has 0 fully saturated rings. The lowest BCUT2D eigenvalue weighted by molar-refractivity contribution is 0.313. The van der Waals surface area contributed by atoms with Gasteiger partial charge in [-0.2, -0.15) is 30.0 Å². The van der Waals surface area contributed by atoms with Crippen LogP contribution >= 0.6 is 0 Å². The standard InChI is InChI=1S/C42H34N6/c1-4-14-33-28(11-1)21-24-31-27-32(25-26-34(31)41(33)47-43-37-17-7-8-18-38(37)44-47)42(48-45-39-19-9-10-20-40(39)46-48)35-15-5-2-12-29(35)22-23-30-13-3-6-16-36(30)42/h1-20,25-28,33,41H,21-24H2. The van der Waals surface area contributed by atoms with Crippen molar-refractivity contribution in [2.24, 2.45) is 11.8 Å². The Morgan fingerprint density at radius 3 is 1.75 bits per heavy atom. The van der Waals surface area contributed by atoms with Crippen molar-refractivity contribution in [2.75, 3.05) is 0 Å². The second-order valence-electron chi connectivity index (χ2n) is 13.4. The van der Waals surface area contributed by atoms with Gasteiger partial charge in [-0.05, 0) is 94.8 Å². The molecule has 6 nitrogen and oxygen atoms in total. The second kappa shape index (κ2) is 10.7. The van der Waals surface area contributed by atoms with Gasteiger partial charge >= 0.3 is 0 Å². The number of nitrogens with zero attached hydrogens (tertiary/aromatic N) is 6. The average molecular weight is 623 g/mol. The minimum Gasteiger partial charge on any atom is -0.175 e. The topological polar surface area (TPSA) is 61.4 Å². The number of fused-ring (bicyclic) bond motifs is 6. The highest BCUT2D eigenvalue weighted by Gasteiger charge is 2.46. The predicted molar refractivity (Wildman–Crippen MR) is 189 cm³/mol. The molecule has 7 aromatic rings. The van der Waals surface area contributed by atoms with E-state index in [1.807, 2.05) is 33.9 Å². The molecule has 3 unspecified atom stereocenters. The van der Waals surface area contributed by atoms with Crippen LogP contribution < -0.4 is 0 Å². The monoisotopic (exact) mass is 622 g/mol. The predicted octanol–water partition coefficient (Wildman–Crippen LogP) is 8.01. The van der Waals surface area contributed by atoms with E-state index in [2.05, 4.69) is 115 Å². The summed E-state index contributed by atoms with van der Waals surface area (Å²) in [6, 6.07) is 41.4. The van der Waals surface area contributed by atoms with E-state index in [0.29, 0.717) is 5.92 Å². The van der Waals surface area contributed by atoms with Gasteiger partial charge in [-0.25, -0.2) is 0 Å². The molecule has 0 saturated heterocycles. The van der Waals surface area contributed by atoms with Crippen LogP contribution in [0.2, 0.25) is 0 Å². The fourth-order valence-electron chi connectivity index (χ4n) is 8.69. The van der Waals surface area contributed by atoms with Crippen molar-refractivity contribution in [1.29, 1.82) is 0 Å². The second-order valence-corrected chi connectivity index (χ2v) is 13.4. The molecule has 0 aliphatic heterocycles. The van der Waals surface area contributed by atoms with Crippen LogP contribution in [0.15, 0.2) is 140 Å². The first-order chi connectivity index (χ1) is 23.8. The fraction of sp³-hybridized carbons (Fsp3) is 0.190. The molecule has 3 aliphatic carbocycles. The summed E-state index contributed by atoms with van der Waals surface area (Å²) in [5, 5.41) is 20.6. The third kappa shape index (κ3) is 4.05. The molecule has 232 valence electrons. The van der Waals surface area contributed by atoms with Crippen molar-refractivity contribution in [3.63, 3.8) is 0 Å². The molecule has 6 heteroatoms. The summed E-state index contributed by atoms with van der Waals surface area (Å²) in [6.45, 7) is 0. The van der Waals surface area contributed by atoms with Crippen molar-refractivity contribution in [3.8, 4) is 0 Å². The molecule has 10 rings (SSSR count). The summed E-state index contributed by atoms with van der Waals surface area (Å²) in [7, 11) is 0. The Kier molecular flexibility index (Phi) is 6.13. The molecule has 5 aromatic carbocycles. The summed E-state index contributed by atoms with van der Waals surface area (Å²) >= 11 is 0. The Morgan fingerprint density at radius 1 is 0.542 bits per heavy atom. The minimum atomic E-state index is -0.759. The van der Waals surface area contributed by atoms with Gasteiger partial charge in [0.2, 0.25) is 0 Å². The number of rotatable bonds is 3. The maximum atomic E-state index is 5.26. The van der Waals surface area contributed by atoms with Gasteiger partial charge in [-0.3, -0.25) is 0 Å². The summed E-state index contributed by atoms with van der Waals surface area (Å²) in [5.74, 6) is 0.659. The molecule has 0 radical (unpaired) electrons. The largest absolute Gasteiger partial charge is 0.175 e. The molecular formula is C42H34N6. The van der Waals surface area contributed by atoms with E-state index in [0.717, 1.165) is 47.8 Å². The normalized spacial score (nSPS) is 20.8. The first kappa shape index (κ1) is 27.5. The van der Waals surface area contributed by atoms with Gasteiger partial charge in [0.1, 0.15) is 28.1 Å². The molecular weight excluding hydrogens is 589 g/mol. The molecule has 0 saturated carbocycles. The Morgan fingerprint density at radius 2 is 1.10 bits per heavy atom. The number of allylic oxidation sites excluding steroid dienone is 4. The van der Waals surface area contributed by atoms with Crippen molar-refractivity contribution in [1.82, 2.24) is 30.0 Å². The molecule has 0 N–H and O–H groups in total. The fourth-order valence-corrected chi connectivity index (χ4v) is 8.69. The minimum absolute atomic E-state index is 0.0229. The first-order valence-corrected chi connectivity index (χ1v) is 17.1. The Balaban J connectivity index is 1.26. The van der Waals surface area contributed by atoms with Crippen molar-refractivity contribution in [2.45, 2.75) is 37.3 Å². The number of aryl methyl sites for hydroxylation is 3. The molecule has 0 amide bonds. The van der Waals surface area contributed by atoms with Crippen LogP contribution in [0.1, 0.15) is 51.4 Å². The lowest BCUT2D eigenvalue weighted by Gasteiger charge is -2.37. The SMILES string of the molecule is C1=CC2CCc3cc(C4(n5nc6ccccc6n5)c5ccccc5CCc5ccccc54)ccc3C(n3nc4ccccc4n3)C2C=C1. The highest BCUT2D eigenvalue weighted by molar-refractivity contribution is 5.74. The van der Waals surface area contributed by atoms with Crippen LogP contribution in [0.25, 0.3) is 22.1 Å². The maximum absolute atomic E-state index is 5.26. The van der Waals surface area contributed by atoms with Crippen LogP contribution in [0.5, 0.6) is 0 Å². The van der Waals surface area contributed by atoms with Crippen LogP contribution in [0.3, 0.4) is 0 Å². The Bertz CT molecular complexity index is 2300. The number of aromatic nitrogens is 6. The summed E-state index contributed by atoms with van der Waals surface area (Å²) in [6.07, 6.45) is 13.1. The first-order valence-electron chi connectivity index (χ1n) is 17.1. The van der Waals surface area contributed by atoms with Crippen LogP contribution in [-0.4, -0.2) is 30.0 Å². The zero-order valence-corrected chi connectivity index (χ0v) is 26.5. The van der Waals surface area contributed by atoms with Crippen molar-refractivity contribution in [3.05, 3.63) is 179 Å². The van der Waals surface area contributed by atoms with E-state index in [1.54, 1.807) is 0 Å². The molecule has 3 atom stereocenters. The number of hydrogen-bond donors (Lipinski definition) is 0. The van der Waals surface area contributed by atoms with Crippen LogP contribution in [-0.2, 0) is 24.8 Å². The van der Waals surface area contributed by atoms with Gasteiger partial charge in [-0.15, -0.1) is 0 Å². The van der Waals surface area contributed by atoms with Gasteiger partial charge < -0.3 is 0 Å². The quantitative estimate of drug-likeness (QED) is 0.200. The van der Waals surface area contributed by atoms with Gasteiger partial charge in [0.25, 0.3) is 0 Å². The highest BCUT2D eigenvalue weighted by Crippen LogP contribution is 2.48. The van der Waals surface area contributed by atoms with E-state index < -0.39 is 5.54 Å². The zero-order valence-electron chi connectivity index (χ0n) is 26.5. The third-order valence-electron chi connectivity index (χ3n) is 10.9. The van der Waals surface area contributed by atoms with E-state index >= 15 is 0 Å². The maximum Gasteiger partial charge on any atom is 0.158 e. The summed E-state index contributed by atoms with van der Waals surface area (Å²) in [5.41, 5.74) is 11.8. The number of hydrogen-bond acceptors (Lipinski definition) is 4. The molecule has 0 spiro atoms. The lowest BCUT2D eigenvalue weighted by atomic mass is 9.74. The van der Waals surface area contributed by atoms with Gasteiger partial charge in [0.05, 0.1) is 0 Å². The molecule has 3 aliphatic rings. The molecule has 0 bridgehead atoms.